The van der Waals surface area contributed by atoms with Gasteiger partial charge in [-0.2, -0.15) is 0 Å². The summed E-state index contributed by atoms with van der Waals surface area (Å²) in [4.78, 5) is 30.7. The molecule has 1 fully saturated rings. The fourth-order valence-corrected chi connectivity index (χ4v) is 5.12. The van der Waals surface area contributed by atoms with Gasteiger partial charge in [-0.1, -0.05) is 41.4 Å². The van der Waals surface area contributed by atoms with Gasteiger partial charge in [0, 0.05) is 56.6 Å². The Balaban J connectivity index is 1.46. The highest BCUT2D eigenvalue weighted by atomic mass is 35.5. The van der Waals surface area contributed by atoms with E-state index in [1.165, 1.54) is 10.7 Å². The number of aromatic amines is 1. The normalized spacial score (nSPS) is 17.4. The molecule has 0 bridgehead atoms. The third-order valence-electron chi connectivity index (χ3n) is 6.47. The molecule has 7 nitrogen and oxygen atoms in total. The van der Waals surface area contributed by atoms with Gasteiger partial charge in [0.1, 0.15) is 0 Å². The summed E-state index contributed by atoms with van der Waals surface area (Å²) < 4.78 is 2.99. The molecule has 0 saturated carbocycles. The van der Waals surface area contributed by atoms with E-state index in [2.05, 4.69) is 27.1 Å². The first-order valence-corrected chi connectivity index (χ1v) is 11.8. The number of nitrogens with zero attached hydrogens (tertiary/aromatic N) is 4. The predicted octanol–water partition coefficient (Wildman–Crippen LogP) is 3.59. The predicted molar refractivity (Wildman–Crippen MR) is 132 cm³/mol. The Morgan fingerprint density at radius 2 is 1.82 bits per heavy atom. The minimum absolute atomic E-state index is 0.159. The lowest BCUT2D eigenvalue weighted by molar-refractivity contribution is 0.153. The molecule has 1 N–H and O–H groups in total. The van der Waals surface area contributed by atoms with Crippen LogP contribution in [0, 0.1) is 0 Å². The molecule has 1 aliphatic heterocycles. The second-order valence-corrected chi connectivity index (χ2v) is 9.34. The third kappa shape index (κ3) is 4.05. The molecule has 1 aromatic carbocycles. The molecular weight excluding hydrogens is 461 g/mol. The van der Waals surface area contributed by atoms with Crippen LogP contribution in [0.25, 0.3) is 16.6 Å². The van der Waals surface area contributed by atoms with Gasteiger partial charge in [0.2, 0.25) is 0 Å². The maximum absolute atomic E-state index is 13.4. The summed E-state index contributed by atoms with van der Waals surface area (Å²) in [6.07, 6.45) is 6.16. The minimum Gasteiger partial charge on any atom is -0.368 e. The second-order valence-electron chi connectivity index (χ2n) is 8.48. The summed E-state index contributed by atoms with van der Waals surface area (Å²) in [6, 6.07) is 8.61. The Kier molecular flexibility index (Phi) is 5.95. The van der Waals surface area contributed by atoms with Gasteiger partial charge in [-0.3, -0.25) is 19.6 Å². The van der Waals surface area contributed by atoms with E-state index in [9.17, 15) is 9.59 Å². The van der Waals surface area contributed by atoms with Crippen molar-refractivity contribution in [3.05, 3.63) is 84.6 Å². The van der Waals surface area contributed by atoms with Gasteiger partial charge < -0.3 is 9.47 Å². The lowest BCUT2D eigenvalue weighted by atomic mass is 10.1. The van der Waals surface area contributed by atoms with Crippen LogP contribution >= 0.6 is 23.2 Å². The van der Waals surface area contributed by atoms with Crippen molar-refractivity contribution in [3.8, 4) is 5.69 Å². The van der Waals surface area contributed by atoms with Crippen molar-refractivity contribution in [2.24, 2.45) is 7.05 Å². The Bertz CT molecular complexity index is 1390. The zero-order valence-electron chi connectivity index (χ0n) is 18.4. The highest BCUT2D eigenvalue weighted by Crippen LogP contribution is 2.26. The number of benzene rings is 1. The number of halogens is 2. The molecule has 1 saturated heterocycles. The quantitative estimate of drug-likeness (QED) is 0.613. The summed E-state index contributed by atoms with van der Waals surface area (Å²) in [5.41, 5.74) is 2.51. The van der Waals surface area contributed by atoms with E-state index >= 15 is 0 Å². The number of nitrogens with one attached hydrogen (secondary N) is 1. The second kappa shape index (κ2) is 8.89. The summed E-state index contributed by atoms with van der Waals surface area (Å²) in [5, 5.41) is 4.97. The molecule has 9 heteroatoms. The average Bonchev–Trinajstić information content (AvgIpc) is 3.13. The zero-order chi connectivity index (χ0) is 23.1. The number of H-pyrrole nitrogens is 1. The fourth-order valence-electron chi connectivity index (χ4n) is 4.61. The maximum Gasteiger partial charge on any atom is 0.280 e. The number of aromatic nitrogens is 3. The number of piperazine rings is 1. The minimum atomic E-state index is -0.216. The number of para-hydroxylation sites is 1. The zero-order valence-corrected chi connectivity index (χ0v) is 19.9. The van der Waals surface area contributed by atoms with Crippen molar-refractivity contribution in [2.45, 2.75) is 19.4 Å². The Morgan fingerprint density at radius 1 is 1.06 bits per heavy atom. The Hall–Kier alpha value is -2.74. The fraction of sp³-hybridized carbons (Fsp3) is 0.333. The smallest absolute Gasteiger partial charge is 0.280 e. The molecular formula is C24H25Cl2N5O2. The SMILES string of the molecule is Cn1c(CN2CCN(C3=C(Cl)CCC=C3)CC2)c2c(=O)n(-c3ccccc3Cl)[nH]c2cc1=O. The lowest BCUT2D eigenvalue weighted by Crippen LogP contribution is -2.46. The van der Waals surface area contributed by atoms with Crippen molar-refractivity contribution in [2.75, 3.05) is 26.2 Å². The number of fused-ring (bicyclic) bond motifs is 1. The molecule has 5 rings (SSSR count). The molecule has 33 heavy (non-hydrogen) atoms. The monoisotopic (exact) mass is 485 g/mol. The highest BCUT2D eigenvalue weighted by Gasteiger charge is 2.24. The summed E-state index contributed by atoms with van der Waals surface area (Å²) in [5.74, 6) is 0. The van der Waals surface area contributed by atoms with Crippen LogP contribution in [0.1, 0.15) is 18.5 Å². The van der Waals surface area contributed by atoms with E-state index in [1.807, 2.05) is 12.1 Å². The van der Waals surface area contributed by atoms with E-state index in [4.69, 9.17) is 23.2 Å². The average molecular weight is 486 g/mol. The Morgan fingerprint density at radius 3 is 2.55 bits per heavy atom. The molecule has 2 aromatic heterocycles. The van der Waals surface area contributed by atoms with Gasteiger partial charge in [-0.05, 0) is 31.1 Å². The molecule has 0 spiro atoms. The molecule has 2 aliphatic rings. The van der Waals surface area contributed by atoms with Crippen molar-refractivity contribution in [1.29, 1.82) is 0 Å². The molecule has 3 aromatic rings. The van der Waals surface area contributed by atoms with E-state index < -0.39 is 0 Å². The standard InChI is InChI=1S/C24H25Cl2N5O2/c1-28-21(15-29-10-12-30(13-11-29)19-8-4-2-6-16(19)25)23-18(14-22(28)32)27-31(24(23)33)20-9-5-3-7-17(20)26/h3-5,7-9,14,27H,2,6,10-13,15H2,1H3. The van der Waals surface area contributed by atoms with Gasteiger partial charge in [0.25, 0.3) is 11.1 Å². The van der Waals surface area contributed by atoms with E-state index in [1.54, 1.807) is 23.7 Å². The van der Waals surface area contributed by atoms with Gasteiger partial charge in [0.05, 0.1) is 27.3 Å². The topological polar surface area (TPSA) is 66.3 Å². The van der Waals surface area contributed by atoms with Crippen molar-refractivity contribution < 1.29 is 0 Å². The van der Waals surface area contributed by atoms with E-state index in [0.29, 0.717) is 33.9 Å². The van der Waals surface area contributed by atoms with Gasteiger partial charge in [-0.25, -0.2) is 4.68 Å². The molecule has 0 unspecified atom stereocenters. The number of pyridine rings is 1. The van der Waals surface area contributed by atoms with E-state index in [0.717, 1.165) is 49.7 Å². The molecule has 0 atom stereocenters. The Labute approximate surface area is 201 Å². The van der Waals surface area contributed by atoms with Crippen LogP contribution in [-0.4, -0.2) is 50.3 Å². The van der Waals surface area contributed by atoms with Crippen LogP contribution in [0.3, 0.4) is 0 Å². The number of allylic oxidation sites excluding steroid dienone is 3. The summed E-state index contributed by atoms with van der Waals surface area (Å²) >= 11 is 12.8. The third-order valence-corrected chi connectivity index (χ3v) is 7.18. The van der Waals surface area contributed by atoms with E-state index in [-0.39, 0.29) is 11.1 Å². The molecule has 1 aliphatic carbocycles. The maximum atomic E-state index is 13.4. The molecule has 3 heterocycles. The first-order chi connectivity index (χ1) is 15.9. The summed E-state index contributed by atoms with van der Waals surface area (Å²) in [7, 11) is 1.72. The first-order valence-electron chi connectivity index (χ1n) is 11.0. The van der Waals surface area contributed by atoms with Crippen LogP contribution in [0.15, 0.2) is 62.8 Å². The first kappa shape index (κ1) is 22.1. The number of hydrogen-bond acceptors (Lipinski definition) is 4. The lowest BCUT2D eigenvalue weighted by Gasteiger charge is -2.37. The van der Waals surface area contributed by atoms with Crippen molar-refractivity contribution in [3.63, 3.8) is 0 Å². The van der Waals surface area contributed by atoms with Crippen LogP contribution in [0.5, 0.6) is 0 Å². The number of hydrogen-bond donors (Lipinski definition) is 1. The van der Waals surface area contributed by atoms with Crippen LogP contribution in [-0.2, 0) is 13.6 Å². The summed E-state index contributed by atoms with van der Waals surface area (Å²) in [6.45, 7) is 3.83. The van der Waals surface area contributed by atoms with Crippen molar-refractivity contribution in [1.82, 2.24) is 24.1 Å². The van der Waals surface area contributed by atoms with Crippen LogP contribution in [0.4, 0.5) is 0 Å². The highest BCUT2D eigenvalue weighted by molar-refractivity contribution is 6.32. The number of rotatable bonds is 4. The van der Waals surface area contributed by atoms with Gasteiger partial charge >= 0.3 is 0 Å². The largest absolute Gasteiger partial charge is 0.368 e. The van der Waals surface area contributed by atoms with Gasteiger partial charge in [0.15, 0.2) is 0 Å². The van der Waals surface area contributed by atoms with Crippen LogP contribution < -0.4 is 11.1 Å². The van der Waals surface area contributed by atoms with Gasteiger partial charge in [-0.15, -0.1) is 0 Å². The van der Waals surface area contributed by atoms with Crippen LogP contribution in [0.2, 0.25) is 5.02 Å². The van der Waals surface area contributed by atoms with Crippen molar-refractivity contribution >= 4 is 34.1 Å². The molecule has 172 valence electrons. The molecule has 0 amide bonds. The molecule has 0 radical (unpaired) electrons.